The number of nitrogens with one attached hydrogen (secondary N) is 2. The van der Waals surface area contributed by atoms with Crippen molar-refractivity contribution in [3.63, 3.8) is 0 Å². The second-order valence-corrected chi connectivity index (χ2v) is 6.93. The number of hydrogen-bond donors (Lipinski definition) is 2. The van der Waals surface area contributed by atoms with Crippen LogP contribution in [0.2, 0.25) is 0 Å². The highest BCUT2D eigenvalue weighted by molar-refractivity contribution is 5.94. The first-order valence-electron chi connectivity index (χ1n) is 9.65. The third kappa shape index (κ3) is 5.81. The van der Waals surface area contributed by atoms with Gasteiger partial charge in [0.15, 0.2) is 0 Å². The lowest BCUT2D eigenvalue weighted by molar-refractivity contribution is -0.137. The van der Waals surface area contributed by atoms with Gasteiger partial charge in [0.1, 0.15) is 0 Å². The summed E-state index contributed by atoms with van der Waals surface area (Å²) in [6, 6.07) is 13.9. The van der Waals surface area contributed by atoms with Gasteiger partial charge in [0.25, 0.3) is 5.91 Å². The van der Waals surface area contributed by atoms with Gasteiger partial charge in [0.2, 0.25) is 5.91 Å². The molecule has 0 radical (unpaired) electrons. The van der Waals surface area contributed by atoms with Gasteiger partial charge in [-0.15, -0.1) is 0 Å². The molecule has 0 aliphatic rings. The second-order valence-electron chi connectivity index (χ2n) is 6.93. The second kappa shape index (κ2) is 9.91. The van der Waals surface area contributed by atoms with Crippen LogP contribution in [0.25, 0.3) is 0 Å². The summed E-state index contributed by atoms with van der Waals surface area (Å²) in [5, 5.41) is 5.43. The summed E-state index contributed by atoms with van der Waals surface area (Å²) in [4.78, 5) is 28.2. The Morgan fingerprint density at radius 1 is 1.03 bits per heavy atom. The molecule has 164 valence electrons. The van der Waals surface area contributed by atoms with Crippen LogP contribution in [0.3, 0.4) is 0 Å². The maximum Gasteiger partial charge on any atom is 0.416 e. The highest BCUT2D eigenvalue weighted by atomic mass is 19.4. The van der Waals surface area contributed by atoms with E-state index in [9.17, 15) is 22.8 Å². The van der Waals surface area contributed by atoms with Crippen molar-refractivity contribution < 1.29 is 22.8 Å². The largest absolute Gasteiger partial charge is 0.416 e. The highest BCUT2D eigenvalue weighted by Crippen LogP contribution is 2.32. The molecular formula is C24H20F3N3O2. The molecule has 1 unspecified atom stereocenters. The molecule has 0 aliphatic heterocycles. The van der Waals surface area contributed by atoms with E-state index in [-0.39, 0.29) is 18.0 Å². The summed E-state index contributed by atoms with van der Waals surface area (Å²) in [5.41, 5.74) is 1.13. The number of hydrogen-bond acceptors (Lipinski definition) is 3. The third-order valence-corrected chi connectivity index (χ3v) is 4.71. The zero-order valence-electron chi connectivity index (χ0n) is 16.9. The predicted molar refractivity (Wildman–Crippen MR) is 113 cm³/mol. The Hall–Kier alpha value is -3.94. The molecule has 32 heavy (non-hydrogen) atoms. The molecule has 2 amide bonds. The number of pyridine rings is 1. The van der Waals surface area contributed by atoms with Crippen LogP contribution in [0.5, 0.6) is 0 Å². The Morgan fingerprint density at radius 2 is 1.75 bits per heavy atom. The first kappa shape index (κ1) is 22.7. The average Bonchev–Trinajstić information content (AvgIpc) is 2.81. The van der Waals surface area contributed by atoms with Gasteiger partial charge in [-0.1, -0.05) is 36.9 Å². The highest BCUT2D eigenvalue weighted by Gasteiger charge is 2.31. The van der Waals surface area contributed by atoms with Crippen LogP contribution in [0.1, 0.15) is 38.7 Å². The fraction of sp³-hybridized carbons (Fsp3) is 0.125. The van der Waals surface area contributed by atoms with Crippen molar-refractivity contribution in [1.29, 1.82) is 0 Å². The number of alkyl halides is 3. The lowest BCUT2D eigenvalue weighted by Crippen LogP contribution is -2.29. The molecule has 5 nitrogen and oxygen atoms in total. The summed E-state index contributed by atoms with van der Waals surface area (Å²) in [5.74, 6) is -0.773. The summed E-state index contributed by atoms with van der Waals surface area (Å²) < 4.78 is 39.6. The summed E-state index contributed by atoms with van der Waals surface area (Å²) >= 11 is 0. The summed E-state index contributed by atoms with van der Waals surface area (Å²) in [6.45, 7) is 3.65. The predicted octanol–water partition coefficient (Wildman–Crippen LogP) is 4.42. The zero-order chi connectivity index (χ0) is 23.1. The van der Waals surface area contributed by atoms with Crippen molar-refractivity contribution in [2.24, 2.45) is 0 Å². The molecule has 0 bridgehead atoms. The minimum Gasteiger partial charge on any atom is -0.348 e. The van der Waals surface area contributed by atoms with E-state index in [2.05, 4.69) is 22.2 Å². The molecule has 0 saturated carbocycles. The maximum atomic E-state index is 13.2. The van der Waals surface area contributed by atoms with Crippen molar-refractivity contribution in [3.05, 3.63) is 114 Å². The molecular weight excluding hydrogens is 419 g/mol. The van der Waals surface area contributed by atoms with Crippen LogP contribution in [0.15, 0.2) is 85.7 Å². The van der Waals surface area contributed by atoms with Gasteiger partial charge in [-0.3, -0.25) is 14.6 Å². The van der Waals surface area contributed by atoms with Crippen LogP contribution in [0, 0.1) is 0 Å². The average molecular weight is 439 g/mol. The van der Waals surface area contributed by atoms with E-state index >= 15 is 0 Å². The van der Waals surface area contributed by atoms with Gasteiger partial charge in [0, 0.05) is 24.5 Å². The number of carbonyl (C=O) groups excluding carboxylic acids is 2. The number of aromatic nitrogens is 1. The van der Waals surface area contributed by atoms with E-state index in [4.69, 9.17) is 0 Å². The molecule has 2 N–H and O–H groups in total. The van der Waals surface area contributed by atoms with Gasteiger partial charge < -0.3 is 10.6 Å². The summed E-state index contributed by atoms with van der Waals surface area (Å²) in [6.07, 6.45) is -0.306. The number of rotatable bonds is 7. The number of benzene rings is 2. The van der Waals surface area contributed by atoms with Gasteiger partial charge in [-0.05, 0) is 53.1 Å². The van der Waals surface area contributed by atoms with E-state index in [1.165, 1.54) is 18.3 Å². The molecule has 1 heterocycles. The van der Waals surface area contributed by atoms with E-state index in [0.717, 1.165) is 23.8 Å². The van der Waals surface area contributed by atoms with Crippen molar-refractivity contribution >= 4 is 11.8 Å². The maximum absolute atomic E-state index is 13.2. The lowest BCUT2D eigenvalue weighted by atomic mass is 9.97. The Balaban J connectivity index is 1.84. The van der Waals surface area contributed by atoms with Crippen molar-refractivity contribution in [2.75, 3.05) is 0 Å². The third-order valence-electron chi connectivity index (χ3n) is 4.71. The number of nitrogens with zero attached hydrogens (tertiary/aromatic N) is 1. The van der Waals surface area contributed by atoms with Gasteiger partial charge in [-0.25, -0.2) is 0 Å². The normalized spacial score (nSPS) is 12.0. The van der Waals surface area contributed by atoms with Crippen LogP contribution in [0.4, 0.5) is 13.2 Å². The Labute approximate surface area is 183 Å². The number of halogens is 3. The Morgan fingerprint density at radius 3 is 2.38 bits per heavy atom. The van der Waals surface area contributed by atoms with Crippen LogP contribution >= 0.6 is 0 Å². The monoisotopic (exact) mass is 439 g/mol. The molecule has 3 rings (SSSR count). The van der Waals surface area contributed by atoms with E-state index in [1.54, 1.807) is 42.6 Å². The lowest BCUT2D eigenvalue weighted by Gasteiger charge is -2.21. The van der Waals surface area contributed by atoms with Gasteiger partial charge >= 0.3 is 6.18 Å². The molecule has 0 aliphatic carbocycles. The smallest absolute Gasteiger partial charge is 0.348 e. The SMILES string of the molecule is C=CC(=O)NCc1ccc(C(=O)NC(c2cccnc2)c2cccc(C(F)(F)F)c2)cc1. The summed E-state index contributed by atoms with van der Waals surface area (Å²) in [7, 11) is 0. The van der Waals surface area contributed by atoms with E-state index in [1.807, 2.05) is 0 Å². The molecule has 8 heteroatoms. The minimum atomic E-state index is -4.50. The number of carbonyl (C=O) groups is 2. The van der Waals surface area contributed by atoms with Crippen LogP contribution in [-0.2, 0) is 17.5 Å². The topological polar surface area (TPSA) is 71.1 Å². The van der Waals surface area contributed by atoms with Crippen molar-refractivity contribution in [3.8, 4) is 0 Å². The first-order chi connectivity index (χ1) is 15.3. The molecule has 1 aromatic heterocycles. The first-order valence-corrected chi connectivity index (χ1v) is 9.65. The van der Waals surface area contributed by atoms with Crippen LogP contribution in [-0.4, -0.2) is 16.8 Å². The molecule has 0 fully saturated rings. The minimum absolute atomic E-state index is 0.273. The van der Waals surface area contributed by atoms with E-state index in [0.29, 0.717) is 11.1 Å². The Kier molecular flexibility index (Phi) is 7.04. The van der Waals surface area contributed by atoms with Crippen LogP contribution < -0.4 is 10.6 Å². The fourth-order valence-corrected chi connectivity index (χ4v) is 3.05. The van der Waals surface area contributed by atoms with Crippen molar-refractivity contribution in [2.45, 2.75) is 18.8 Å². The van der Waals surface area contributed by atoms with Crippen molar-refractivity contribution in [1.82, 2.24) is 15.6 Å². The van der Waals surface area contributed by atoms with E-state index < -0.39 is 23.7 Å². The molecule has 0 spiro atoms. The molecule has 1 atom stereocenters. The molecule has 2 aromatic carbocycles. The molecule has 0 saturated heterocycles. The Bertz CT molecular complexity index is 1100. The fourth-order valence-electron chi connectivity index (χ4n) is 3.05. The van der Waals surface area contributed by atoms with Gasteiger partial charge in [0.05, 0.1) is 11.6 Å². The molecule has 3 aromatic rings. The van der Waals surface area contributed by atoms with Gasteiger partial charge in [-0.2, -0.15) is 13.2 Å². The standard InChI is InChI=1S/C24H20F3N3O2/c1-2-21(31)29-14-16-8-10-17(11-9-16)23(32)30-22(19-6-4-12-28-15-19)18-5-3-7-20(13-18)24(25,26)27/h2-13,15,22H,1,14H2,(H,29,31)(H,30,32). The zero-order valence-corrected chi connectivity index (χ0v) is 16.9. The quantitative estimate of drug-likeness (QED) is 0.536. The number of amides is 2.